The molecule has 23 heavy (non-hydrogen) atoms. The second-order valence-electron chi connectivity index (χ2n) is 5.36. The highest BCUT2D eigenvalue weighted by Crippen LogP contribution is 2.22. The van der Waals surface area contributed by atoms with Crippen LogP contribution in [0.25, 0.3) is 0 Å². The fourth-order valence-corrected chi connectivity index (χ4v) is 2.15. The monoisotopic (exact) mass is 314 g/mol. The third kappa shape index (κ3) is 4.29. The van der Waals surface area contributed by atoms with Crippen molar-refractivity contribution < 1.29 is 14.5 Å². The number of carbonyl (C=O) groups excluding carboxylic acids is 1. The number of nitro benzene ring substituents is 1. The van der Waals surface area contributed by atoms with Gasteiger partial charge in [-0.3, -0.25) is 14.9 Å². The predicted molar refractivity (Wildman–Crippen MR) is 87.9 cm³/mol. The molecule has 0 unspecified atom stereocenters. The van der Waals surface area contributed by atoms with Gasteiger partial charge in [-0.1, -0.05) is 23.8 Å². The maximum Gasteiger partial charge on any atom is 0.271 e. The van der Waals surface area contributed by atoms with Crippen molar-refractivity contribution in [3.8, 4) is 5.75 Å². The number of hydrogen-bond acceptors (Lipinski definition) is 4. The number of anilines is 1. The number of rotatable bonds is 5. The van der Waals surface area contributed by atoms with Gasteiger partial charge in [0.15, 0.2) is 6.61 Å². The second-order valence-corrected chi connectivity index (χ2v) is 5.36. The zero-order valence-corrected chi connectivity index (χ0v) is 13.3. The fraction of sp³-hybridized carbons (Fsp3) is 0.235. The number of non-ortho nitro benzene ring substituents is 1. The van der Waals surface area contributed by atoms with Crippen LogP contribution in [-0.4, -0.2) is 17.4 Å². The first-order chi connectivity index (χ1) is 10.9. The molecule has 0 radical (unpaired) electrons. The lowest BCUT2D eigenvalue weighted by Crippen LogP contribution is -2.21. The van der Waals surface area contributed by atoms with Crippen LogP contribution in [0.2, 0.25) is 0 Å². The number of nitrogens with one attached hydrogen (secondary N) is 1. The number of carbonyl (C=O) groups is 1. The molecule has 2 aromatic rings. The number of benzene rings is 2. The van der Waals surface area contributed by atoms with Gasteiger partial charge in [0.25, 0.3) is 11.6 Å². The number of ether oxygens (including phenoxy) is 1. The second kappa shape index (κ2) is 6.91. The average Bonchev–Trinajstić information content (AvgIpc) is 2.48. The highest BCUT2D eigenvalue weighted by molar-refractivity contribution is 5.93. The van der Waals surface area contributed by atoms with Crippen LogP contribution < -0.4 is 10.1 Å². The molecule has 6 heteroatoms. The van der Waals surface area contributed by atoms with Crippen LogP contribution in [0.5, 0.6) is 5.75 Å². The van der Waals surface area contributed by atoms with E-state index in [2.05, 4.69) is 5.32 Å². The molecule has 0 heterocycles. The van der Waals surface area contributed by atoms with Crippen molar-refractivity contribution in [1.82, 2.24) is 0 Å². The van der Waals surface area contributed by atoms with Gasteiger partial charge in [-0.25, -0.2) is 0 Å². The van der Waals surface area contributed by atoms with Crippen molar-refractivity contribution in [1.29, 1.82) is 0 Å². The van der Waals surface area contributed by atoms with E-state index >= 15 is 0 Å². The van der Waals surface area contributed by atoms with Crippen molar-refractivity contribution in [2.45, 2.75) is 20.8 Å². The van der Waals surface area contributed by atoms with Crippen molar-refractivity contribution >= 4 is 17.3 Å². The Balaban J connectivity index is 2.02. The summed E-state index contributed by atoms with van der Waals surface area (Å²) in [6.45, 7) is 5.50. The average molecular weight is 314 g/mol. The first-order valence-corrected chi connectivity index (χ1v) is 7.12. The molecular weight excluding hydrogens is 296 g/mol. The van der Waals surface area contributed by atoms with Gasteiger partial charge in [0.2, 0.25) is 0 Å². The summed E-state index contributed by atoms with van der Waals surface area (Å²) in [5.74, 6) is 0.273. The number of nitro groups is 1. The maximum absolute atomic E-state index is 12.0. The number of hydrogen-bond donors (Lipinski definition) is 1. The Kier molecular flexibility index (Phi) is 4.95. The molecule has 2 rings (SSSR count). The predicted octanol–water partition coefficient (Wildman–Crippen LogP) is 3.54. The molecule has 0 saturated carbocycles. The lowest BCUT2D eigenvalue weighted by atomic mass is 10.1. The molecule has 0 bridgehead atoms. The van der Waals surface area contributed by atoms with Gasteiger partial charge in [-0.2, -0.15) is 0 Å². The molecule has 0 fully saturated rings. The smallest absolute Gasteiger partial charge is 0.271 e. The summed E-state index contributed by atoms with van der Waals surface area (Å²) in [7, 11) is 0. The summed E-state index contributed by atoms with van der Waals surface area (Å²) in [6.07, 6.45) is 0. The minimum atomic E-state index is -0.499. The summed E-state index contributed by atoms with van der Waals surface area (Å²) >= 11 is 0. The zero-order chi connectivity index (χ0) is 17.0. The molecule has 120 valence electrons. The molecule has 0 aromatic heterocycles. The van der Waals surface area contributed by atoms with Gasteiger partial charge in [0, 0.05) is 12.1 Å². The summed E-state index contributed by atoms with van der Waals surface area (Å²) < 4.78 is 5.50. The standard InChI is InChI=1S/C17H18N2O4/c1-11-4-7-16(13(3)8-11)23-10-17(20)18-15-9-14(19(21)22)6-5-12(15)2/h4-9H,10H2,1-3H3,(H,18,20). The van der Waals surface area contributed by atoms with Gasteiger partial charge >= 0.3 is 0 Å². The first kappa shape index (κ1) is 16.5. The van der Waals surface area contributed by atoms with Crippen molar-refractivity contribution in [2.75, 3.05) is 11.9 Å². The van der Waals surface area contributed by atoms with E-state index in [1.807, 2.05) is 32.0 Å². The van der Waals surface area contributed by atoms with Gasteiger partial charge in [0.05, 0.1) is 10.6 Å². The van der Waals surface area contributed by atoms with E-state index in [-0.39, 0.29) is 18.2 Å². The molecule has 0 aliphatic rings. The summed E-state index contributed by atoms with van der Waals surface area (Å²) in [6, 6.07) is 10.0. The first-order valence-electron chi connectivity index (χ1n) is 7.12. The van der Waals surface area contributed by atoms with Crippen LogP contribution in [-0.2, 0) is 4.79 Å². The van der Waals surface area contributed by atoms with E-state index in [0.29, 0.717) is 11.4 Å². The third-order valence-electron chi connectivity index (χ3n) is 3.40. The molecule has 0 atom stereocenters. The number of nitrogens with zero attached hydrogens (tertiary/aromatic N) is 1. The topological polar surface area (TPSA) is 81.5 Å². The van der Waals surface area contributed by atoms with Gasteiger partial charge < -0.3 is 10.1 Å². The Labute approximate surface area is 134 Å². The van der Waals surface area contributed by atoms with Crippen LogP contribution in [0, 0.1) is 30.9 Å². The third-order valence-corrected chi connectivity index (χ3v) is 3.40. The van der Waals surface area contributed by atoms with Crippen LogP contribution in [0.4, 0.5) is 11.4 Å². The molecule has 1 N–H and O–H groups in total. The Hall–Kier alpha value is -2.89. The maximum atomic E-state index is 12.0. The minimum absolute atomic E-state index is 0.0683. The highest BCUT2D eigenvalue weighted by atomic mass is 16.6. The van der Waals surface area contributed by atoms with Crippen molar-refractivity contribution in [3.63, 3.8) is 0 Å². The molecule has 0 saturated heterocycles. The zero-order valence-electron chi connectivity index (χ0n) is 13.3. The SMILES string of the molecule is Cc1ccc(OCC(=O)Nc2cc([N+](=O)[O-])ccc2C)c(C)c1. The van der Waals surface area contributed by atoms with E-state index in [1.165, 1.54) is 12.1 Å². The molecule has 1 amide bonds. The molecule has 0 spiro atoms. The van der Waals surface area contributed by atoms with Crippen LogP contribution >= 0.6 is 0 Å². The van der Waals surface area contributed by atoms with E-state index in [4.69, 9.17) is 4.74 Å². The molecule has 0 aliphatic carbocycles. The van der Waals surface area contributed by atoms with Crippen molar-refractivity contribution in [2.24, 2.45) is 0 Å². The van der Waals surface area contributed by atoms with Crippen LogP contribution in [0.15, 0.2) is 36.4 Å². The van der Waals surface area contributed by atoms with Crippen LogP contribution in [0.3, 0.4) is 0 Å². The van der Waals surface area contributed by atoms with Gasteiger partial charge in [-0.15, -0.1) is 0 Å². The molecule has 2 aromatic carbocycles. The van der Waals surface area contributed by atoms with Crippen molar-refractivity contribution in [3.05, 3.63) is 63.2 Å². The molecule has 0 aliphatic heterocycles. The molecular formula is C17H18N2O4. The summed E-state index contributed by atoms with van der Waals surface area (Å²) in [4.78, 5) is 22.3. The van der Waals surface area contributed by atoms with E-state index < -0.39 is 4.92 Å². The number of aryl methyl sites for hydroxylation is 3. The summed E-state index contributed by atoms with van der Waals surface area (Å²) in [5.41, 5.74) is 3.15. The van der Waals surface area contributed by atoms with Gasteiger partial charge in [0.1, 0.15) is 5.75 Å². The van der Waals surface area contributed by atoms with Crippen LogP contribution in [0.1, 0.15) is 16.7 Å². The summed E-state index contributed by atoms with van der Waals surface area (Å²) in [5, 5.41) is 13.4. The van der Waals surface area contributed by atoms with E-state index in [9.17, 15) is 14.9 Å². The minimum Gasteiger partial charge on any atom is -0.483 e. The lowest BCUT2D eigenvalue weighted by molar-refractivity contribution is -0.384. The lowest BCUT2D eigenvalue weighted by Gasteiger charge is -2.11. The molecule has 6 nitrogen and oxygen atoms in total. The Morgan fingerprint density at radius 3 is 2.52 bits per heavy atom. The van der Waals surface area contributed by atoms with E-state index in [1.54, 1.807) is 13.0 Å². The Morgan fingerprint density at radius 2 is 1.87 bits per heavy atom. The quantitative estimate of drug-likeness (QED) is 0.676. The Morgan fingerprint density at radius 1 is 1.13 bits per heavy atom. The fourth-order valence-electron chi connectivity index (χ4n) is 2.15. The number of amides is 1. The normalized spacial score (nSPS) is 10.2. The van der Waals surface area contributed by atoms with Gasteiger partial charge in [-0.05, 0) is 38.0 Å². The van der Waals surface area contributed by atoms with E-state index in [0.717, 1.165) is 16.7 Å². The Bertz CT molecular complexity index is 756. The largest absolute Gasteiger partial charge is 0.483 e. The highest BCUT2D eigenvalue weighted by Gasteiger charge is 2.12.